The van der Waals surface area contributed by atoms with Gasteiger partial charge in [-0.25, -0.2) is 0 Å². The lowest BCUT2D eigenvalue weighted by molar-refractivity contribution is 1.17. The van der Waals surface area contributed by atoms with Crippen molar-refractivity contribution in [3.63, 3.8) is 0 Å². The lowest BCUT2D eigenvalue weighted by Crippen LogP contribution is -1.95. The van der Waals surface area contributed by atoms with Crippen molar-refractivity contribution in [1.82, 2.24) is 9.13 Å². The van der Waals surface area contributed by atoms with E-state index in [1.54, 1.807) is 0 Å². The first kappa shape index (κ1) is 27.3. The largest absolute Gasteiger partial charge is 0.309 e. The molecule has 2 heterocycles. The first-order chi connectivity index (χ1) is 24.8. The van der Waals surface area contributed by atoms with E-state index in [-0.39, 0.29) is 0 Å². The second kappa shape index (κ2) is 10.4. The number of benzene rings is 9. The number of para-hydroxylation sites is 3. The Bertz CT molecular complexity index is 3090. The van der Waals surface area contributed by atoms with E-state index in [0.717, 1.165) is 5.69 Å². The maximum atomic E-state index is 2.47. The maximum Gasteiger partial charge on any atom is 0.0641 e. The first-order valence-electron chi connectivity index (χ1n) is 17.3. The van der Waals surface area contributed by atoms with E-state index < -0.39 is 0 Å². The molecule has 0 saturated heterocycles. The third kappa shape index (κ3) is 3.79. The van der Waals surface area contributed by atoms with Gasteiger partial charge < -0.3 is 9.13 Å². The average molecular weight is 635 g/mol. The third-order valence-electron chi connectivity index (χ3n) is 10.7. The minimum atomic E-state index is 1.16. The van der Waals surface area contributed by atoms with Gasteiger partial charge in [0.1, 0.15) is 0 Å². The smallest absolute Gasteiger partial charge is 0.0641 e. The molecule has 0 unspecified atom stereocenters. The third-order valence-corrected chi connectivity index (χ3v) is 10.7. The zero-order valence-electron chi connectivity index (χ0n) is 27.2. The average Bonchev–Trinajstić information content (AvgIpc) is 3.71. The van der Waals surface area contributed by atoms with E-state index in [4.69, 9.17) is 0 Å². The fraction of sp³-hybridized carbons (Fsp3) is 0. The van der Waals surface area contributed by atoms with Crippen molar-refractivity contribution in [3.8, 4) is 22.5 Å². The number of rotatable bonds is 3. The molecule has 2 nitrogen and oxygen atoms in total. The Morgan fingerprint density at radius 2 is 0.700 bits per heavy atom. The Labute approximate surface area is 288 Å². The summed E-state index contributed by atoms with van der Waals surface area (Å²) in [6.07, 6.45) is 0. The molecule has 11 aromatic rings. The van der Waals surface area contributed by atoms with E-state index in [9.17, 15) is 0 Å². The fourth-order valence-corrected chi connectivity index (χ4v) is 8.53. The molecule has 50 heavy (non-hydrogen) atoms. The summed E-state index contributed by atoms with van der Waals surface area (Å²) in [5.74, 6) is 0. The number of hydrogen-bond acceptors (Lipinski definition) is 0. The van der Waals surface area contributed by atoms with Crippen LogP contribution in [0.1, 0.15) is 0 Å². The molecule has 0 N–H and O–H groups in total. The van der Waals surface area contributed by atoms with Gasteiger partial charge >= 0.3 is 0 Å². The van der Waals surface area contributed by atoms with Crippen LogP contribution in [0.4, 0.5) is 0 Å². The van der Waals surface area contributed by atoms with Crippen molar-refractivity contribution in [2.45, 2.75) is 0 Å². The van der Waals surface area contributed by atoms with Crippen LogP contribution >= 0.6 is 0 Å². The summed E-state index contributed by atoms with van der Waals surface area (Å²) in [5, 5.41) is 12.8. The van der Waals surface area contributed by atoms with Crippen molar-refractivity contribution in [2.75, 3.05) is 0 Å². The van der Waals surface area contributed by atoms with Gasteiger partial charge in [0.05, 0.1) is 22.1 Å². The summed E-state index contributed by atoms with van der Waals surface area (Å²) in [6, 6.07) is 66.7. The number of nitrogens with zero attached hydrogens (tertiary/aromatic N) is 2. The topological polar surface area (TPSA) is 9.86 Å². The summed E-state index contributed by atoms with van der Waals surface area (Å²) in [6.45, 7) is 0. The molecule has 0 aliphatic heterocycles. The molecule has 2 heteroatoms. The Kier molecular flexibility index (Phi) is 5.70. The number of aromatic nitrogens is 2. The van der Waals surface area contributed by atoms with Crippen LogP contribution in [-0.4, -0.2) is 9.13 Å². The van der Waals surface area contributed by atoms with Gasteiger partial charge in [0.25, 0.3) is 0 Å². The van der Waals surface area contributed by atoms with Gasteiger partial charge in [-0.3, -0.25) is 0 Å². The van der Waals surface area contributed by atoms with Crippen LogP contribution in [-0.2, 0) is 0 Å². The minimum Gasteiger partial charge on any atom is -0.309 e. The van der Waals surface area contributed by atoms with E-state index in [1.807, 2.05) is 0 Å². The number of fused-ring (bicyclic) bond motifs is 13. The van der Waals surface area contributed by atoms with Crippen molar-refractivity contribution >= 4 is 75.9 Å². The molecule has 0 amide bonds. The molecule has 0 spiro atoms. The standard InChI is InChI=1S/C48H30N2/c1-3-13-33(14-4-1)49-44-22-12-11-21-41(44)47-46(49)28-26-40-43-30-32(24-27-45(43)50(48(40)47)34-15-5-2-6-16-34)31-23-25-39-37-19-8-7-17-35(37)36-18-9-10-20-38(36)42(39)29-31/h1-30H. The van der Waals surface area contributed by atoms with E-state index in [1.165, 1.54) is 92.7 Å². The Morgan fingerprint density at radius 3 is 1.36 bits per heavy atom. The van der Waals surface area contributed by atoms with E-state index >= 15 is 0 Å². The monoisotopic (exact) mass is 634 g/mol. The molecule has 232 valence electrons. The van der Waals surface area contributed by atoms with E-state index in [0.29, 0.717) is 0 Å². The maximum absolute atomic E-state index is 2.47. The van der Waals surface area contributed by atoms with Crippen molar-refractivity contribution in [2.24, 2.45) is 0 Å². The highest BCUT2D eigenvalue weighted by atomic mass is 15.0. The van der Waals surface area contributed by atoms with Gasteiger partial charge in [-0.1, -0.05) is 127 Å². The molecule has 0 aliphatic rings. The molecule has 0 bridgehead atoms. The molecular weight excluding hydrogens is 605 g/mol. The van der Waals surface area contributed by atoms with Crippen LogP contribution in [0.25, 0.3) is 98.4 Å². The molecular formula is C48H30N2. The molecule has 0 atom stereocenters. The van der Waals surface area contributed by atoms with Gasteiger partial charge in [-0.2, -0.15) is 0 Å². The Hall–Kier alpha value is -6.64. The number of hydrogen-bond donors (Lipinski definition) is 0. The van der Waals surface area contributed by atoms with Crippen molar-refractivity contribution in [3.05, 3.63) is 182 Å². The van der Waals surface area contributed by atoms with Crippen LogP contribution in [0.2, 0.25) is 0 Å². The predicted molar refractivity (Wildman–Crippen MR) is 213 cm³/mol. The second-order valence-corrected chi connectivity index (χ2v) is 13.3. The van der Waals surface area contributed by atoms with Gasteiger partial charge in [0.15, 0.2) is 0 Å². The van der Waals surface area contributed by atoms with Crippen LogP contribution in [0.15, 0.2) is 182 Å². The molecule has 11 rings (SSSR count). The quantitative estimate of drug-likeness (QED) is 0.171. The second-order valence-electron chi connectivity index (χ2n) is 13.3. The normalized spacial score (nSPS) is 12.0. The lowest BCUT2D eigenvalue weighted by Gasteiger charge is -2.12. The highest BCUT2D eigenvalue weighted by Crippen LogP contribution is 2.43. The van der Waals surface area contributed by atoms with Crippen LogP contribution < -0.4 is 0 Å². The molecule has 0 aliphatic carbocycles. The molecule has 0 radical (unpaired) electrons. The van der Waals surface area contributed by atoms with E-state index in [2.05, 4.69) is 191 Å². The molecule has 2 aromatic heterocycles. The predicted octanol–water partition coefficient (Wildman–Crippen LogP) is 13.0. The highest BCUT2D eigenvalue weighted by Gasteiger charge is 2.21. The molecule has 9 aromatic carbocycles. The lowest BCUT2D eigenvalue weighted by atomic mass is 9.92. The first-order valence-corrected chi connectivity index (χ1v) is 17.3. The Balaban J connectivity index is 1.23. The Morgan fingerprint density at radius 1 is 0.260 bits per heavy atom. The minimum absolute atomic E-state index is 1.16. The van der Waals surface area contributed by atoms with Gasteiger partial charge in [0, 0.05) is 32.9 Å². The van der Waals surface area contributed by atoms with Crippen molar-refractivity contribution in [1.29, 1.82) is 0 Å². The van der Waals surface area contributed by atoms with Gasteiger partial charge in [0.2, 0.25) is 0 Å². The summed E-state index contributed by atoms with van der Waals surface area (Å²) in [5.41, 5.74) is 9.63. The van der Waals surface area contributed by atoms with Crippen LogP contribution in [0.5, 0.6) is 0 Å². The summed E-state index contributed by atoms with van der Waals surface area (Å²) >= 11 is 0. The zero-order valence-corrected chi connectivity index (χ0v) is 27.2. The van der Waals surface area contributed by atoms with Crippen LogP contribution in [0.3, 0.4) is 0 Å². The fourth-order valence-electron chi connectivity index (χ4n) is 8.53. The highest BCUT2D eigenvalue weighted by molar-refractivity contribution is 6.27. The summed E-state index contributed by atoms with van der Waals surface area (Å²) < 4.78 is 4.88. The zero-order chi connectivity index (χ0) is 32.8. The molecule has 0 saturated carbocycles. The summed E-state index contributed by atoms with van der Waals surface area (Å²) in [7, 11) is 0. The summed E-state index contributed by atoms with van der Waals surface area (Å²) in [4.78, 5) is 0. The van der Waals surface area contributed by atoms with Gasteiger partial charge in [-0.15, -0.1) is 0 Å². The van der Waals surface area contributed by atoms with Gasteiger partial charge in [-0.05, 0) is 98.0 Å². The SMILES string of the molecule is c1ccc(-n2c3ccccc3c3c2ccc2c4cc(-c5ccc6c7ccccc7c7ccccc7c6c5)ccc4n(-c4ccccc4)c23)cc1. The van der Waals surface area contributed by atoms with Crippen molar-refractivity contribution < 1.29 is 0 Å². The van der Waals surface area contributed by atoms with Crippen LogP contribution in [0, 0.1) is 0 Å². The molecule has 0 fully saturated rings.